The standard InChI is InChI=1S/C23H32F3N3O3.C11H13NO2/c1-16-14-19(31-5)18(15-28-12-10-27(11-13-28)9-7-23(24,25)26)17-6-8-29(20(16)17)21(30)32-22(2,3)4;1-14-11(13)9-4-2-3-5-10(9)12-8-6-7-8/h6,8,14H,7,9-13,15H2,1-5H3;2-5,8,12H,6-7H2,1H3. The number of aromatic nitrogens is 1. The maximum atomic E-state index is 12.7. The molecular weight excluding hydrogens is 601 g/mol. The Morgan fingerprint density at radius 3 is 2.22 bits per heavy atom. The van der Waals surface area contributed by atoms with Crippen LogP contribution in [0.5, 0.6) is 5.75 Å². The first-order chi connectivity index (χ1) is 21.7. The van der Waals surface area contributed by atoms with Crippen molar-refractivity contribution in [2.45, 2.75) is 71.3 Å². The van der Waals surface area contributed by atoms with E-state index < -0.39 is 24.3 Å². The number of hydrogen-bond acceptors (Lipinski definition) is 8. The summed E-state index contributed by atoms with van der Waals surface area (Å²) in [4.78, 5) is 28.2. The van der Waals surface area contributed by atoms with E-state index in [-0.39, 0.29) is 12.5 Å². The minimum Gasteiger partial charge on any atom is -0.496 e. The van der Waals surface area contributed by atoms with Gasteiger partial charge in [-0.3, -0.25) is 9.47 Å². The van der Waals surface area contributed by atoms with Crippen LogP contribution in [0.2, 0.25) is 0 Å². The van der Waals surface area contributed by atoms with Crippen molar-refractivity contribution in [3.8, 4) is 5.75 Å². The first-order valence-corrected chi connectivity index (χ1v) is 15.5. The minimum absolute atomic E-state index is 0.0359. The lowest BCUT2D eigenvalue weighted by atomic mass is 10.0. The van der Waals surface area contributed by atoms with Gasteiger partial charge in [-0.15, -0.1) is 0 Å². The molecule has 0 radical (unpaired) electrons. The summed E-state index contributed by atoms with van der Waals surface area (Å²) in [5, 5.41) is 4.21. The van der Waals surface area contributed by atoms with Gasteiger partial charge in [0.15, 0.2) is 0 Å². The highest BCUT2D eigenvalue weighted by Gasteiger charge is 2.29. The van der Waals surface area contributed by atoms with E-state index in [1.165, 1.54) is 24.5 Å². The number of hydrogen-bond donors (Lipinski definition) is 1. The Labute approximate surface area is 268 Å². The fourth-order valence-corrected chi connectivity index (χ4v) is 5.40. The molecule has 252 valence electrons. The lowest BCUT2D eigenvalue weighted by Gasteiger charge is -2.35. The number of nitrogens with one attached hydrogen (secondary N) is 1. The Balaban J connectivity index is 0.000000284. The van der Waals surface area contributed by atoms with E-state index in [4.69, 9.17) is 14.2 Å². The predicted octanol–water partition coefficient (Wildman–Crippen LogP) is 6.86. The lowest BCUT2D eigenvalue weighted by molar-refractivity contribution is -0.138. The molecule has 1 saturated carbocycles. The number of para-hydroxylation sites is 1. The molecule has 2 fully saturated rings. The molecule has 0 bridgehead atoms. The van der Waals surface area contributed by atoms with Crippen molar-refractivity contribution < 1.29 is 37.0 Å². The van der Waals surface area contributed by atoms with Crippen molar-refractivity contribution >= 4 is 28.7 Å². The third-order valence-electron chi connectivity index (χ3n) is 7.87. The molecule has 9 nitrogen and oxygen atoms in total. The molecule has 1 N–H and O–H groups in total. The normalized spacial score (nSPS) is 16.0. The van der Waals surface area contributed by atoms with Gasteiger partial charge >= 0.3 is 18.2 Å². The van der Waals surface area contributed by atoms with Crippen molar-refractivity contribution in [1.29, 1.82) is 0 Å². The van der Waals surface area contributed by atoms with Crippen LogP contribution in [0.15, 0.2) is 42.6 Å². The van der Waals surface area contributed by atoms with E-state index >= 15 is 0 Å². The molecule has 2 aromatic carbocycles. The fraction of sp³-hybridized carbons (Fsp3) is 0.529. The SMILES string of the molecule is COC(=O)c1ccccc1NC1CC1.COc1cc(C)c2c(ccn2C(=O)OC(C)(C)C)c1CN1CCN(CCC(F)(F)F)CC1. The molecule has 0 spiro atoms. The van der Waals surface area contributed by atoms with Gasteiger partial charge in [0.1, 0.15) is 11.4 Å². The van der Waals surface area contributed by atoms with Crippen molar-refractivity contribution in [3.63, 3.8) is 0 Å². The summed E-state index contributed by atoms with van der Waals surface area (Å²) < 4.78 is 54.9. The van der Waals surface area contributed by atoms with E-state index in [9.17, 15) is 22.8 Å². The fourth-order valence-electron chi connectivity index (χ4n) is 5.40. The molecular formula is C34H45F3N4O5. The van der Waals surface area contributed by atoms with Gasteiger partial charge in [-0.2, -0.15) is 13.2 Å². The number of nitrogens with zero attached hydrogens (tertiary/aromatic N) is 3. The number of methoxy groups -OCH3 is 2. The highest BCUT2D eigenvalue weighted by molar-refractivity contribution is 5.96. The number of fused-ring (bicyclic) bond motifs is 1. The molecule has 0 unspecified atom stereocenters. The molecule has 46 heavy (non-hydrogen) atoms. The number of benzene rings is 2. The summed E-state index contributed by atoms with van der Waals surface area (Å²) in [5.41, 5.74) is 3.51. The second kappa shape index (κ2) is 14.8. The molecule has 2 heterocycles. The zero-order chi connectivity index (χ0) is 33.6. The maximum Gasteiger partial charge on any atom is 0.419 e. The Morgan fingerprint density at radius 1 is 0.978 bits per heavy atom. The lowest BCUT2D eigenvalue weighted by Crippen LogP contribution is -2.46. The van der Waals surface area contributed by atoms with Gasteiger partial charge in [0, 0.05) is 68.1 Å². The van der Waals surface area contributed by atoms with Gasteiger partial charge in [-0.05, 0) is 70.4 Å². The highest BCUT2D eigenvalue weighted by atomic mass is 19.4. The average Bonchev–Trinajstić information content (AvgIpc) is 3.70. The molecule has 1 aliphatic heterocycles. The number of rotatable bonds is 8. The summed E-state index contributed by atoms with van der Waals surface area (Å²) in [7, 11) is 3.01. The second-order valence-corrected chi connectivity index (χ2v) is 12.7. The number of carbonyl (C=O) groups excluding carboxylic acids is 2. The smallest absolute Gasteiger partial charge is 0.419 e. The van der Waals surface area contributed by atoms with Gasteiger partial charge in [-0.25, -0.2) is 9.59 Å². The summed E-state index contributed by atoms with van der Waals surface area (Å²) in [5.74, 6) is 0.449. The van der Waals surface area contributed by atoms with E-state index in [1.54, 1.807) is 19.4 Å². The van der Waals surface area contributed by atoms with Gasteiger partial charge in [-0.1, -0.05) is 12.1 Å². The summed E-state index contributed by atoms with van der Waals surface area (Å²) in [6.45, 7) is 10.5. The molecule has 3 aromatic rings. The number of piperazine rings is 1. The zero-order valence-corrected chi connectivity index (χ0v) is 27.5. The summed E-state index contributed by atoms with van der Waals surface area (Å²) in [6.07, 6.45) is -1.25. The largest absolute Gasteiger partial charge is 0.496 e. The number of carbonyl (C=O) groups is 2. The molecule has 0 amide bonds. The van der Waals surface area contributed by atoms with Crippen LogP contribution in [-0.2, 0) is 16.0 Å². The molecule has 0 atom stereocenters. The van der Waals surface area contributed by atoms with Crippen molar-refractivity contribution in [3.05, 3.63) is 59.3 Å². The van der Waals surface area contributed by atoms with Crippen LogP contribution in [0.25, 0.3) is 10.9 Å². The van der Waals surface area contributed by atoms with E-state index in [1.807, 2.05) is 62.9 Å². The van der Waals surface area contributed by atoms with Gasteiger partial charge in [0.25, 0.3) is 0 Å². The first-order valence-electron chi connectivity index (χ1n) is 15.5. The minimum atomic E-state index is -4.13. The first kappa shape index (κ1) is 35.1. The van der Waals surface area contributed by atoms with Crippen LogP contribution in [0.3, 0.4) is 0 Å². The second-order valence-electron chi connectivity index (χ2n) is 12.7. The van der Waals surface area contributed by atoms with Crippen molar-refractivity contribution in [1.82, 2.24) is 14.4 Å². The Hall–Kier alpha value is -3.77. The summed E-state index contributed by atoms with van der Waals surface area (Å²) in [6, 6.07) is 11.8. The number of esters is 1. The summed E-state index contributed by atoms with van der Waals surface area (Å²) >= 11 is 0. The number of anilines is 1. The third kappa shape index (κ3) is 9.62. The number of aryl methyl sites for hydroxylation is 1. The Morgan fingerprint density at radius 2 is 1.63 bits per heavy atom. The average molecular weight is 647 g/mol. The maximum absolute atomic E-state index is 12.7. The molecule has 1 aromatic heterocycles. The van der Waals surface area contributed by atoms with Crippen molar-refractivity contribution in [2.75, 3.05) is 52.3 Å². The highest BCUT2D eigenvalue weighted by Crippen LogP contribution is 2.34. The van der Waals surface area contributed by atoms with Crippen LogP contribution in [0, 0.1) is 6.92 Å². The quantitative estimate of drug-likeness (QED) is 0.266. The predicted molar refractivity (Wildman–Crippen MR) is 172 cm³/mol. The number of alkyl halides is 3. The van der Waals surface area contributed by atoms with Gasteiger partial charge < -0.3 is 24.4 Å². The van der Waals surface area contributed by atoms with E-state index in [0.29, 0.717) is 44.3 Å². The topological polar surface area (TPSA) is 85.3 Å². The van der Waals surface area contributed by atoms with Crippen LogP contribution in [0.4, 0.5) is 23.7 Å². The van der Waals surface area contributed by atoms with E-state index in [0.717, 1.165) is 33.5 Å². The third-order valence-corrected chi connectivity index (χ3v) is 7.87. The van der Waals surface area contributed by atoms with Crippen LogP contribution in [-0.4, -0.2) is 91.2 Å². The molecule has 2 aliphatic rings. The Kier molecular flexibility index (Phi) is 11.3. The van der Waals surface area contributed by atoms with E-state index in [2.05, 4.69) is 10.2 Å². The van der Waals surface area contributed by atoms with Crippen LogP contribution < -0.4 is 10.1 Å². The number of halogens is 3. The monoisotopic (exact) mass is 646 g/mol. The molecule has 1 aliphatic carbocycles. The van der Waals surface area contributed by atoms with Gasteiger partial charge in [0.2, 0.25) is 0 Å². The zero-order valence-electron chi connectivity index (χ0n) is 27.5. The van der Waals surface area contributed by atoms with Gasteiger partial charge in [0.05, 0.1) is 31.7 Å². The molecule has 5 rings (SSSR count). The number of ether oxygens (including phenoxy) is 3. The molecule has 12 heteroatoms. The Bertz CT molecular complexity index is 1500. The van der Waals surface area contributed by atoms with Crippen molar-refractivity contribution in [2.24, 2.45) is 0 Å². The van der Waals surface area contributed by atoms with Crippen LogP contribution in [0.1, 0.15) is 61.5 Å². The van der Waals surface area contributed by atoms with Crippen LogP contribution >= 0.6 is 0 Å². The molecule has 1 saturated heterocycles.